The highest BCUT2D eigenvalue weighted by Gasteiger charge is 2.25. The summed E-state index contributed by atoms with van der Waals surface area (Å²) in [6.45, 7) is 6.04. The van der Waals surface area contributed by atoms with E-state index in [1.165, 1.54) is 0 Å². The number of esters is 2. The number of carbonyl (C=O) groups excluding carboxylic acids is 2. The van der Waals surface area contributed by atoms with Gasteiger partial charge in [0, 0.05) is 0 Å². The van der Waals surface area contributed by atoms with Crippen LogP contribution in [-0.2, 0) is 22.3 Å². The first-order valence-electron chi connectivity index (χ1n) is 8.09. The molecule has 0 aromatic heterocycles. The molecule has 4 heteroatoms. The highest BCUT2D eigenvalue weighted by Crippen LogP contribution is 2.30. The largest absolute Gasteiger partial charge is 0.462 e. The topological polar surface area (TPSA) is 52.6 Å². The summed E-state index contributed by atoms with van der Waals surface area (Å²) in [5.41, 5.74) is 3.89. The second kappa shape index (κ2) is 7.43. The van der Waals surface area contributed by atoms with Crippen molar-refractivity contribution in [1.29, 1.82) is 0 Å². The number of hydrogen-bond donors (Lipinski definition) is 0. The summed E-state index contributed by atoms with van der Waals surface area (Å²) in [6.07, 6.45) is 5.06. The van der Waals surface area contributed by atoms with Gasteiger partial charge in [0.15, 0.2) is 0 Å². The fourth-order valence-electron chi connectivity index (χ4n) is 3.09. The van der Waals surface area contributed by atoms with Gasteiger partial charge in [0.2, 0.25) is 0 Å². The summed E-state index contributed by atoms with van der Waals surface area (Å²) < 4.78 is 10.4. The maximum Gasteiger partial charge on any atom is 0.338 e. The van der Waals surface area contributed by atoms with Crippen molar-refractivity contribution in [3.63, 3.8) is 0 Å². The molecule has 0 N–H and O–H groups in total. The number of carbonyl (C=O) groups is 2. The smallest absolute Gasteiger partial charge is 0.338 e. The second-order valence-corrected chi connectivity index (χ2v) is 5.56. The third-order valence-electron chi connectivity index (χ3n) is 4.13. The predicted octanol–water partition coefficient (Wildman–Crippen LogP) is 3.62. The molecule has 0 radical (unpaired) electrons. The zero-order valence-corrected chi connectivity index (χ0v) is 13.7. The van der Waals surface area contributed by atoms with Gasteiger partial charge in [-0.15, -0.1) is 0 Å². The third-order valence-corrected chi connectivity index (χ3v) is 4.13. The molecule has 1 aliphatic carbocycles. The Morgan fingerprint density at radius 1 is 1.00 bits per heavy atom. The van der Waals surface area contributed by atoms with Gasteiger partial charge in [0.05, 0.1) is 24.3 Å². The fraction of sp³-hybridized carbons (Fsp3) is 0.556. The molecule has 0 heterocycles. The summed E-state index contributed by atoms with van der Waals surface area (Å²) in [5.74, 6) is -0.693. The normalized spacial score (nSPS) is 14.0. The lowest BCUT2D eigenvalue weighted by Gasteiger charge is -2.17. The second-order valence-electron chi connectivity index (χ2n) is 5.56. The van der Waals surface area contributed by atoms with E-state index in [2.05, 4.69) is 0 Å². The zero-order valence-electron chi connectivity index (χ0n) is 13.7. The van der Waals surface area contributed by atoms with E-state index < -0.39 is 0 Å². The Labute approximate surface area is 131 Å². The van der Waals surface area contributed by atoms with Gasteiger partial charge in [0.1, 0.15) is 0 Å². The van der Waals surface area contributed by atoms with Crippen LogP contribution in [0.25, 0.3) is 0 Å². The Morgan fingerprint density at radius 3 is 2.32 bits per heavy atom. The average molecular weight is 304 g/mol. The van der Waals surface area contributed by atoms with Crippen molar-refractivity contribution in [2.45, 2.75) is 52.9 Å². The Hall–Kier alpha value is -1.84. The number of ether oxygens (including phenoxy) is 2. The molecule has 0 spiro atoms. The van der Waals surface area contributed by atoms with E-state index in [-0.39, 0.29) is 11.9 Å². The van der Waals surface area contributed by atoms with E-state index in [0.29, 0.717) is 29.9 Å². The Morgan fingerprint density at radius 2 is 1.64 bits per heavy atom. The van der Waals surface area contributed by atoms with Crippen molar-refractivity contribution in [3.8, 4) is 0 Å². The van der Waals surface area contributed by atoms with Crippen LogP contribution in [0.1, 0.15) is 70.5 Å². The van der Waals surface area contributed by atoms with E-state index in [4.69, 9.17) is 9.47 Å². The zero-order chi connectivity index (χ0) is 16.1. The Bertz CT molecular complexity index is 575. The number of aryl methyl sites for hydroxylation is 1. The van der Waals surface area contributed by atoms with Gasteiger partial charge in [-0.25, -0.2) is 9.59 Å². The van der Waals surface area contributed by atoms with Gasteiger partial charge >= 0.3 is 11.9 Å². The maximum absolute atomic E-state index is 12.4. The molecule has 0 fully saturated rings. The molecule has 1 aromatic rings. The number of fused-ring (bicyclic) bond motifs is 1. The van der Waals surface area contributed by atoms with Gasteiger partial charge in [-0.3, -0.25) is 0 Å². The van der Waals surface area contributed by atoms with Crippen molar-refractivity contribution in [2.75, 3.05) is 13.2 Å². The summed E-state index contributed by atoms with van der Waals surface area (Å²) in [6, 6.07) is 1.91. The number of rotatable bonds is 4. The van der Waals surface area contributed by atoms with E-state index in [0.717, 1.165) is 43.2 Å². The SMILES string of the molecule is CCOC(=O)c1cc2c(c(C(=O)OCC)c1C)CCCCC2. The van der Waals surface area contributed by atoms with Crippen LogP contribution >= 0.6 is 0 Å². The van der Waals surface area contributed by atoms with Crippen LogP contribution in [0.5, 0.6) is 0 Å². The van der Waals surface area contributed by atoms with E-state index in [1.54, 1.807) is 13.8 Å². The first-order chi connectivity index (χ1) is 10.6. The lowest BCUT2D eigenvalue weighted by molar-refractivity contribution is 0.0522. The standard InChI is InChI=1S/C18H24O4/c1-4-21-17(19)15-11-13-9-7-6-8-10-14(13)16(12(15)3)18(20)22-5-2/h11H,4-10H2,1-3H3. The van der Waals surface area contributed by atoms with Crippen molar-refractivity contribution >= 4 is 11.9 Å². The van der Waals surface area contributed by atoms with Gasteiger partial charge in [-0.2, -0.15) is 0 Å². The highest BCUT2D eigenvalue weighted by molar-refractivity contribution is 5.99. The molecule has 120 valence electrons. The molecule has 4 nitrogen and oxygen atoms in total. The van der Waals surface area contributed by atoms with E-state index >= 15 is 0 Å². The summed E-state index contributed by atoms with van der Waals surface area (Å²) in [5, 5.41) is 0. The minimum Gasteiger partial charge on any atom is -0.462 e. The molecule has 0 bridgehead atoms. The first-order valence-corrected chi connectivity index (χ1v) is 8.09. The van der Waals surface area contributed by atoms with Crippen molar-refractivity contribution in [2.24, 2.45) is 0 Å². The average Bonchev–Trinajstić information content (AvgIpc) is 2.72. The van der Waals surface area contributed by atoms with Crippen molar-refractivity contribution < 1.29 is 19.1 Å². The van der Waals surface area contributed by atoms with Gasteiger partial charge < -0.3 is 9.47 Å². The molecule has 0 atom stereocenters. The molecule has 22 heavy (non-hydrogen) atoms. The number of benzene rings is 1. The van der Waals surface area contributed by atoms with Crippen LogP contribution in [-0.4, -0.2) is 25.2 Å². The predicted molar refractivity (Wildman–Crippen MR) is 84.4 cm³/mol. The minimum absolute atomic E-state index is 0.324. The molecule has 1 aliphatic rings. The van der Waals surface area contributed by atoms with Crippen molar-refractivity contribution in [3.05, 3.63) is 33.9 Å². The van der Waals surface area contributed by atoms with Gasteiger partial charge in [-0.1, -0.05) is 6.42 Å². The van der Waals surface area contributed by atoms with Crippen LogP contribution in [0, 0.1) is 6.92 Å². The molecule has 0 aliphatic heterocycles. The quantitative estimate of drug-likeness (QED) is 0.630. The molecule has 0 unspecified atom stereocenters. The van der Waals surface area contributed by atoms with Crippen LogP contribution in [0.3, 0.4) is 0 Å². The van der Waals surface area contributed by atoms with Gasteiger partial charge in [-0.05, 0) is 69.2 Å². The summed E-state index contributed by atoms with van der Waals surface area (Å²) >= 11 is 0. The molecule has 0 amide bonds. The maximum atomic E-state index is 12.4. The molecule has 0 saturated heterocycles. The summed E-state index contributed by atoms with van der Waals surface area (Å²) in [4.78, 5) is 24.6. The Balaban J connectivity index is 2.58. The molecule has 1 aromatic carbocycles. The van der Waals surface area contributed by atoms with Crippen LogP contribution in [0.15, 0.2) is 6.07 Å². The molecular weight excluding hydrogens is 280 g/mol. The number of hydrogen-bond acceptors (Lipinski definition) is 4. The molecule has 2 rings (SSSR count). The molecular formula is C18H24O4. The Kier molecular flexibility index (Phi) is 5.58. The highest BCUT2D eigenvalue weighted by atomic mass is 16.5. The van der Waals surface area contributed by atoms with Crippen LogP contribution in [0.2, 0.25) is 0 Å². The van der Waals surface area contributed by atoms with E-state index in [9.17, 15) is 9.59 Å². The lowest BCUT2D eigenvalue weighted by Crippen LogP contribution is -2.17. The van der Waals surface area contributed by atoms with Gasteiger partial charge in [0.25, 0.3) is 0 Å². The minimum atomic E-state index is -0.363. The van der Waals surface area contributed by atoms with Crippen LogP contribution in [0.4, 0.5) is 0 Å². The lowest BCUT2D eigenvalue weighted by atomic mass is 9.89. The fourth-order valence-corrected chi connectivity index (χ4v) is 3.09. The van der Waals surface area contributed by atoms with Crippen molar-refractivity contribution in [1.82, 2.24) is 0 Å². The molecule has 0 saturated carbocycles. The van der Waals surface area contributed by atoms with E-state index in [1.807, 2.05) is 13.0 Å². The monoisotopic (exact) mass is 304 g/mol. The first kappa shape index (κ1) is 16.5. The summed E-state index contributed by atoms with van der Waals surface area (Å²) in [7, 11) is 0. The van der Waals surface area contributed by atoms with Crippen LogP contribution < -0.4 is 0 Å². The third kappa shape index (κ3) is 3.32.